The molecule has 1 aliphatic rings. The number of ether oxygens (including phenoxy) is 3. The van der Waals surface area contributed by atoms with Crippen LogP contribution >= 0.6 is 12.4 Å². The van der Waals surface area contributed by atoms with E-state index in [1.54, 1.807) is 39.5 Å². The van der Waals surface area contributed by atoms with Crippen LogP contribution in [-0.4, -0.2) is 52.5 Å². The van der Waals surface area contributed by atoms with Crippen molar-refractivity contribution in [1.82, 2.24) is 10.6 Å². The summed E-state index contributed by atoms with van der Waals surface area (Å²) in [6.45, 7) is 2.06. The maximum atomic E-state index is 12.4. The number of amides is 1. The van der Waals surface area contributed by atoms with Crippen molar-refractivity contribution in [3.8, 4) is 11.5 Å². The summed E-state index contributed by atoms with van der Waals surface area (Å²) in [5, 5.41) is 6.41. The van der Waals surface area contributed by atoms with Crippen LogP contribution in [0, 0.1) is 0 Å². The van der Waals surface area contributed by atoms with Gasteiger partial charge < -0.3 is 24.8 Å². The average molecular weight is 345 g/mol. The summed E-state index contributed by atoms with van der Waals surface area (Å²) < 4.78 is 15.7. The molecule has 23 heavy (non-hydrogen) atoms. The van der Waals surface area contributed by atoms with Crippen LogP contribution in [0.25, 0.3) is 0 Å². The third kappa shape index (κ3) is 4.99. The maximum absolute atomic E-state index is 12.4. The van der Waals surface area contributed by atoms with E-state index in [-0.39, 0.29) is 23.9 Å². The molecule has 1 aromatic carbocycles. The molecule has 0 aromatic heterocycles. The van der Waals surface area contributed by atoms with Gasteiger partial charge >= 0.3 is 0 Å². The van der Waals surface area contributed by atoms with Gasteiger partial charge in [-0.2, -0.15) is 0 Å². The normalized spacial score (nSPS) is 19.8. The number of benzene rings is 1. The van der Waals surface area contributed by atoms with Gasteiger partial charge in [0.1, 0.15) is 11.5 Å². The molecule has 0 spiro atoms. The van der Waals surface area contributed by atoms with E-state index in [0.29, 0.717) is 30.2 Å². The van der Waals surface area contributed by atoms with Crippen molar-refractivity contribution in [3.05, 3.63) is 23.8 Å². The van der Waals surface area contributed by atoms with E-state index in [9.17, 15) is 4.79 Å². The second kappa shape index (κ2) is 8.96. The average Bonchev–Trinajstić information content (AvgIpc) is 3.01. The van der Waals surface area contributed by atoms with E-state index in [1.165, 1.54) is 0 Å². The number of hydrogen-bond donors (Lipinski definition) is 2. The lowest BCUT2D eigenvalue weighted by atomic mass is 9.98. The Kier molecular flexibility index (Phi) is 7.61. The van der Waals surface area contributed by atoms with Crippen LogP contribution in [0.5, 0.6) is 11.5 Å². The molecular weight excluding hydrogens is 320 g/mol. The fourth-order valence-corrected chi connectivity index (χ4v) is 2.76. The van der Waals surface area contributed by atoms with Crippen molar-refractivity contribution in [2.45, 2.75) is 18.4 Å². The van der Waals surface area contributed by atoms with Gasteiger partial charge in [0, 0.05) is 25.3 Å². The minimum Gasteiger partial charge on any atom is -0.497 e. The largest absolute Gasteiger partial charge is 0.497 e. The minimum atomic E-state index is -0.173. The molecule has 0 radical (unpaired) electrons. The molecule has 1 aliphatic heterocycles. The van der Waals surface area contributed by atoms with E-state index in [4.69, 9.17) is 14.2 Å². The molecule has 6 nitrogen and oxygen atoms in total. The lowest BCUT2D eigenvalue weighted by molar-refractivity contribution is 0.0891. The Labute approximate surface area is 143 Å². The number of halogens is 1. The summed E-state index contributed by atoms with van der Waals surface area (Å²) in [4.78, 5) is 12.4. The zero-order chi connectivity index (χ0) is 16.0. The topological polar surface area (TPSA) is 68.8 Å². The van der Waals surface area contributed by atoms with Gasteiger partial charge in [0.25, 0.3) is 5.91 Å². The summed E-state index contributed by atoms with van der Waals surface area (Å²) in [5.74, 6) is 1.03. The number of nitrogens with one attached hydrogen (secondary N) is 2. The second-order valence-electron chi connectivity index (χ2n) is 5.53. The molecule has 0 bridgehead atoms. The molecule has 0 aliphatic carbocycles. The molecule has 1 saturated heterocycles. The zero-order valence-corrected chi connectivity index (χ0v) is 14.6. The van der Waals surface area contributed by atoms with Gasteiger partial charge in [-0.05, 0) is 31.5 Å². The number of carbonyl (C=O) groups excluding carboxylic acids is 1. The molecular formula is C16H25ClN2O4. The predicted molar refractivity (Wildman–Crippen MR) is 91.0 cm³/mol. The van der Waals surface area contributed by atoms with Crippen LogP contribution in [0.3, 0.4) is 0 Å². The molecule has 2 N–H and O–H groups in total. The van der Waals surface area contributed by atoms with Crippen molar-refractivity contribution in [2.75, 3.05) is 41.0 Å². The van der Waals surface area contributed by atoms with Gasteiger partial charge in [0.15, 0.2) is 0 Å². The summed E-state index contributed by atoms with van der Waals surface area (Å²) in [6.07, 6.45) is 2.08. The summed E-state index contributed by atoms with van der Waals surface area (Å²) >= 11 is 0. The quantitative estimate of drug-likeness (QED) is 0.786. The van der Waals surface area contributed by atoms with E-state index in [1.807, 2.05) is 0 Å². The standard InChI is InChI=1S/C16H24N2O4.ClH/c1-20-11-16(5-4-6-18-16)10-17-15(19)12-7-13(21-2)9-14(8-12)22-3;/h7-9,18H,4-6,10-11H2,1-3H3,(H,17,19);1H. The molecule has 1 amide bonds. The molecule has 1 unspecified atom stereocenters. The first kappa shape index (κ1) is 19.5. The lowest BCUT2D eigenvalue weighted by Crippen LogP contribution is -2.53. The predicted octanol–water partition coefficient (Wildman–Crippen LogP) is 1.62. The first-order valence-electron chi connectivity index (χ1n) is 7.38. The van der Waals surface area contributed by atoms with Crippen LogP contribution in [-0.2, 0) is 4.74 Å². The minimum absolute atomic E-state index is 0. The van der Waals surface area contributed by atoms with E-state index in [2.05, 4.69) is 10.6 Å². The lowest BCUT2D eigenvalue weighted by Gasteiger charge is -2.29. The van der Waals surface area contributed by atoms with Crippen LogP contribution in [0.1, 0.15) is 23.2 Å². The first-order valence-corrected chi connectivity index (χ1v) is 7.38. The van der Waals surface area contributed by atoms with Gasteiger partial charge in [-0.25, -0.2) is 0 Å². The molecule has 1 aromatic rings. The van der Waals surface area contributed by atoms with E-state index in [0.717, 1.165) is 19.4 Å². The Hall–Kier alpha value is -1.50. The monoisotopic (exact) mass is 344 g/mol. The molecule has 130 valence electrons. The number of rotatable bonds is 7. The fourth-order valence-electron chi connectivity index (χ4n) is 2.76. The van der Waals surface area contributed by atoms with Gasteiger partial charge in [0.2, 0.25) is 0 Å². The van der Waals surface area contributed by atoms with Gasteiger partial charge in [0.05, 0.1) is 26.4 Å². The molecule has 1 heterocycles. The van der Waals surface area contributed by atoms with Crippen molar-refractivity contribution in [3.63, 3.8) is 0 Å². The van der Waals surface area contributed by atoms with Crippen molar-refractivity contribution >= 4 is 18.3 Å². The number of hydrogen-bond acceptors (Lipinski definition) is 5. The van der Waals surface area contributed by atoms with Crippen LogP contribution < -0.4 is 20.1 Å². The van der Waals surface area contributed by atoms with E-state index >= 15 is 0 Å². The Bertz CT molecular complexity index is 497. The van der Waals surface area contributed by atoms with Gasteiger partial charge in [-0.15, -0.1) is 12.4 Å². The van der Waals surface area contributed by atoms with Crippen LogP contribution in [0.2, 0.25) is 0 Å². The number of methoxy groups -OCH3 is 3. The molecule has 1 atom stereocenters. The van der Waals surface area contributed by atoms with Gasteiger partial charge in [-0.1, -0.05) is 0 Å². The highest BCUT2D eigenvalue weighted by Crippen LogP contribution is 2.23. The number of carbonyl (C=O) groups is 1. The van der Waals surface area contributed by atoms with Gasteiger partial charge in [-0.3, -0.25) is 4.79 Å². The van der Waals surface area contributed by atoms with Crippen LogP contribution in [0.4, 0.5) is 0 Å². The first-order chi connectivity index (χ1) is 10.6. The highest BCUT2D eigenvalue weighted by Gasteiger charge is 2.33. The molecule has 1 fully saturated rings. The molecule has 7 heteroatoms. The Morgan fingerprint density at radius 2 is 1.87 bits per heavy atom. The summed E-state index contributed by atoms with van der Waals surface area (Å²) in [6, 6.07) is 5.13. The van der Waals surface area contributed by atoms with E-state index < -0.39 is 0 Å². The summed E-state index contributed by atoms with van der Waals surface area (Å²) in [5.41, 5.74) is 0.342. The Balaban J connectivity index is 0.00000264. The van der Waals surface area contributed by atoms with Crippen molar-refractivity contribution in [2.24, 2.45) is 0 Å². The smallest absolute Gasteiger partial charge is 0.251 e. The Morgan fingerprint density at radius 1 is 1.22 bits per heavy atom. The highest BCUT2D eigenvalue weighted by molar-refractivity contribution is 5.95. The van der Waals surface area contributed by atoms with Crippen molar-refractivity contribution in [1.29, 1.82) is 0 Å². The Morgan fingerprint density at radius 3 is 2.35 bits per heavy atom. The van der Waals surface area contributed by atoms with Crippen LogP contribution in [0.15, 0.2) is 18.2 Å². The van der Waals surface area contributed by atoms with Crippen molar-refractivity contribution < 1.29 is 19.0 Å². The third-order valence-corrected chi connectivity index (χ3v) is 3.95. The third-order valence-electron chi connectivity index (χ3n) is 3.95. The molecule has 0 saturated carbocycles. The highest BCUT2D eigenvalue weighted by atomic mass is 35.5. The zero-order valence-electron chi connectivity index (χ0n) is 13.8. The SMILES string of the molecule is COCC1(CNC(=O)c2cc(OC)cc(OC)c2)CCCN1.Cl. The maximum Gasteiger partial charge on any atom is 0.251 e. The molecule has 2 rings (SSSR count). The second-order valence-corrected chi connectivity index (χ2v) is 5.53. The summed E-state index contributed by atoms with van der Waals surface area (Å²) in [7, 11) is 4.80. The fraction of sp³-hybridized carbons (Fsp3) is 0.562.